The Kier molecular flexibility index (Phi) is 4.60. The van der Waals surface area contributed by atoms with Crippen molar-refractivity contribution in [3.8, 4) is 5.75 Å². The number of nitrogens with two attached hydrogens (primary N) is 1. The molecule has 0 saturated carbocycles. The van der Waals surface area contributed by atoms with Crippen LogP contribution in [0.3, 0.4) is 0 Å². The first-order valence-electron chi connectivity index (χ1n) is 6.13. The molecule has 0 radical (unpaired) electrons. The van der Waals surface area contributed by atoms with Crippen LogP contribution in [0.5, 0.6) is 5.75 Å². The molecule has 0 atom stereocenters. The molecular formula is C15H14Cl2N2O2. The summed E-state index contributed by atoms with van der Waals surface area (Å²) in [7, 11) is 1.46. The van der Waals surface area contributed by atoms with Crippen LogP contribution in [0.1, 0.15) is 15.9 Å². The lowest BCUT2D eigenvalue weighted by Gasteiger charge is -2.11. The van der Waals surface area contributed by atoms with Gasteiger partial charge in [-0.15, -0.1) is 0 Å². The molecule has 0 aliphatic heterocycles. The third kappa shape index (κ3) is 3.40. The number of benzene rings is 2. The maximum atomic E-state index is 12.2. The lowest BCUT2D eigenvalue weighted by atomic mass is 10.1. The van der Waals surface area contributed by atoms with Crippen LogP contribution in [0.25, 0.3) is 0 Å². The van der Waals surface area contributed by atoms with Gasteiger partial charge < -0.3 is 15.8 Å². The van der Waals surface area contributed by atoms with Crippen LogP contribution in [-0.4, -0.2) is 13.0 Å². The fourth-order valence-electron chi connectivity index (χ4n) is 1.88. The lowest BCUT2D eigenvalue weighted by Crippen LogP contribution is -2.13. The Morgan fingerprint density at radius 3 is 2.33 bits per heavy atom. The molecule has 21 heavy (non-hydrogen) atoms. The average molecular weight is 325 g/mol. The maximum Gasteiger partial charge on any atom is 0.255 e. The summed E-state index contributed by atoms with van der Waals surface area (Å²) in [5, 5.41) is 3.26. The molecule has 0 aliphatic carbocycles. The molecule has 3 N–H and O–H groups in total. The summed E-state index contributed by atoms with van der Waals surface area (Å²) in [5.41, 5.74) is 8.24. The van der Waals surface area contributed by atoms with Crippen LogP contribution < -0.4 is 15.8 Å². The van der Waals surface area contributed by atoms with E-state index in [9.17, 15) is 4.79 Å². The third-order valence-electron chi connectivity index (χ3n) is 2.92. The third-order valence-corrected chi connectivity index (χ3v) is 3.48. The number of nitrogens with one attached hydrogen (secondary N) is 1. The molecule has 1 amide bonds. The van der Waals surface area contributed by atoms with E-state index in [1.54, 1.807) is 12.1 Å². The van der Waals surface area contributed by atoms with Crippen molar-refractivity contribution < 1.29 is 9.53 Å². The molecule has 2 aromatic carbocycles. The average Bonchev–Trinajstić information content (AvgIpc) is 2.41. The summed E-state index contributed by atoms with van der Waals surface area (Å²) in [4.78, 5) is 12.2. The molecule has 0 unspecified atom stereocenters. The molecule has 6 heteroatoms. The van der Waals surface area contributed by atoms with E-state index in [0.29, 0.717) is 22.7 Å². The number of ether oxygens (including phenoxy) is 1. The minimum atomic E-state index is -0.350. The molecular weight excluding hydrogens is 311 g/mol. The summed E-state index contributed by atoms with van der Waals surface area (Å²) < 4.78 is 5.05. The molecule has 0 fully saturated rings. The van der Waals surface area contributed by atoms with Crippen LogP contribution in [0.2, 0.25) is 10.0 Å². The van der Waals surface area contributed by atoms with Gasteiger partial charge in [-0.05, 0) is 36.8 Å². The summed E-state index contributed by atoms with van der Waals surface area (Å²) >= 11 is 12.0. The van der Waals surface area contributed by atoms with Crippen molar-refractivity contribution in [1.82, 2.24) is 0 Å². The highest BCUT2D eigenvalue weighted by molar-refractivity contribution is 6.37. The minimum Gasteiger partial charge on any atom is -0.494 e. The van der Waals surface area contributed by atoms with Gasteiger partial charge in [0, 0.05) is 5.56 Å². The van der Waals surface area contributed by atoms with Crippen molar-refractivity contribution in [2.75, 3.05) is 18.2 Å². The number of methoxy groups -OCH3 is 1. The quantitative estimate of drug-likeness (QED) is 0.834. The SMILES string of the molecule is COc1c(Cl)cc(C(=O)Nc2ccc(C)cc2N)cc1Cl. The maximum absolute atomic E-state index is 12.2. The zero-order valence-corrected chi connectivity index (χ0v) is 13.0. The molecule has 0 saturated heterocycles. The first-order chi connectivity index (χ1) is 9.92. The molecule has 0 heterocycles. The number of halogens is 2. The minimum absolute atomic E-state index is 0.270. The van der Waals surface area contributed by atoms with Gasteiger partial charge in [-0.25, -0.2) is 0 Å². The second-order valence-corrected chi connectivity index (χ2v) is 5.33. The largest absolute Gasteiger partial charge is 0.494 e. The van der Waals surface area contributed by atoms with E-state index in [1.807, 2.05) is 13.0 Å². The van der Waals surface area contributed by atoms with Crippen LogP contribution in [0.4, 0.5) is 11.4 Å². The molecule has 110 valence electrons. The number of rotatable bonds is 3. The number of nitrogen functional groups attached to an aromatic ring is 1. The van der Waals surface area contributed by atoms with Gasteiger partial charge >= 0.3 is 0 Å². The van der Waals surface area contributed by atoms with E-state index in [0.717, 1.165) is 5.56 Å². The van der Waals surface area contributed by atoms with Crippen molar-refractivity contribution in [2.24, 2.45) is 0 Å². The molecule has 0 aromatic heterocycles. The predicted molar refractivity (Wildman–Crippen MR) is 86.6 cm³/mol. The summed E-state index contributed by atoms with van der Waals surface area (Å²) in [5.74, 6) is -0.0123. The summed E-state index contributed by atoms with van der Waals surface area (Å²) in [6, 6.07) is 8.37. The zero-order chi connectivity index (χ0) is 15.6. The van der Waals surface area contributed by atoms with Crippen molar-refractivity contribution in [3.05, 3.63) is 51.5 Å². The Labute approximate surface area is 132 Å². The van der Waals surface area contributed by atoms with E-state index in [1.165, 1.54) is 19.2 Å². The van der Waals surface area contributed by atoms with Crippen molar-refractivity contribution >= 4 is 40.5 Å². The summed E-state index contributed by atoms with van der Waals surface area (Å²) in [6.45, 7) is 1.92. The van der Waals surface area contributed by atoms with Gasteiger partial charge in [0.05, 0.1) is 28.5 Å². The number of hydrogen-bond donors (Lipinski definition) is 2. The number of hydrogen-bond acceptors (Lipinski definition) is 3. The van der Waals surface area contributed by atoms with E-state index in [4.69, 9.17) is 33.7 Å². The Hall–Kier alpha value is -1.91. The van der Waals surface area contributed by atoms with Gasteiger partial charge in [0.2, 0.25) is 0 Å². The number of anilines is 2. The fourth-order valence-corrected chi connectivity index (χ4v) is 2.52. The van der Waals surface area contributed by atoms with E-state index < -0.39 is 0 Å². The van der Waals surface area contributed by atoms with E-state index >= 15 is 0 Å². The van der Waals surface area contributed by atoms with Crippen molar-refractivity contribution in [3.63, 3.8) is 0 Å². The highest BCUT2D eigenvalue weighted by atomic mass is 35.5. The number of amides is 1. The van der Waals surface area contributed by atoms with Gasteiger partial charge in [0.15, 0.2) is 5.75 Å². The first-order valence-corrected chi connectivity index (χ1v) is 6.88. The number of carbonyl (C=O) groups excluding carboxylic acids is 1. The second-order valence-electron chi connectivity index (χ2n) is 4.52. The Balaban J connectivity index is 2.28. The van der Waals surface area contributed by atoms with Gasteiger partial charge in [0.25, 0.3) is 5.91 Å². The standard InChI is InChI=1S/C15H14Cl2N2O2/c1-8-3-4-13(12(18)5-8)19-15(20)9-6-10(16)14(21-2)11(17)7-9/h3-7H,18H2,1-2H3,(H,19,20). The highest BCUT2D eigenvalue weighted by Crippen LogP contribution is 2.34. The number of carbonyl (C=O) groups is 1. The Bertz CT molecular complexity index is 679. The van der Waals surface area contributed by atoms with Crippen LogP contribution in [0.15, 0.2) is 30.3 Å². The monoisotopic (exact) mass is 324 g/mol. The molecule has 4 nitrogen and oxygen atoms in total. The van der Waals surface area contributed by atoms with E-state index in [-0.39, 0.29) is 16.0 Å². The summed E-state index contributed by atoms with van der Waals surface area (Å²) in [6.07, 6.45) is 0. The van der Waals surface area contributed by atoms with Gasteiger partial charge in [-0.1, -0.05) is 29.3 Å². The fraction of sp³-hybridized carbons (Fsp3) is 0.133. The second kappa shape index (κ2) is 6.24. The highest BCUT2D eigenvalue weighted by Gasteiger charge is 2.14. The molecule has 2 rings (SSSR count). The Morgan fingerprint density at radius 1 is 1.19 bits per heavy atom. The first kappa shape index (κ1) is 15.5. The topological polar surface area (TPSA) is 64.3 Å². The molecule has 0 spiro atoms. The van der Waals surface area contributed by atoms with E-state index in [2.05, 4.69) is 5.32 Å². The Morgan fingerprint density at radius 2 is 1.81 bits per heavy atom. The predicted octanol–water partition coefficient (Wildman–Crippen LogP) is 4.14. The van der Waals surface area contributed by atoms with Crippen LogP contribution >= 0.6 is 23.2 Å². The number of aryl methyl sites for hydroxylation is 1. The molecule has 0 aliphatic rings. The van der Waals surface area contributed by atoms with Crippen molar-refractivity contribution in [2.45, 2.75) is 6.92 Å². The normalized spacial score (nSPS) is 10.3. The van der Waals surface area contributed by atoms with Crippen molar-refractivity contribution in [1.29, 1.82) is 0 Å². The molecule has 0 bridgehead atoms. The zero-order valence-electron chi connectivity index (χ0n) is 11.5. The van der Waals surface area contributed by atoms with Gasteiger partial charge in [-0.2, -0.15) is 0 Å². The van der Waals surface area contributed by atoms with Gasteiger partial charge in [0.1, 0.15) is 0 Å². The lowest BCUT2D eigenvalue weighted by molar-refractivity contribution is 0.102. The smallest absolute Gasteiger partial charge is 0.255 e. The van der Waals surface area contributed by atoms with Gasteiger partial charge in [-0.3, -0.25) is 4.79 Å². The molecule has 2 aromatic rings. The van der Waals surface area contributed by atoms with Crippen LogP contribution in [0, 0.1) is 6.92 Å². The van der Waals surface area contributed by atoms with Crippen LogP contribution in [-0.2, 0) is 0 Å².